The molecule has 0 aliphatic carbocycles. The molecule has 1 amide bonds. The van der Waals surface area contributed by atoms with E-state index in [9.17, 15) is 4.79 Å². The van der Waals surface area contributed by atoms with Gasteiger partial charge in [-0.3, -0.25) is 15.1 Å². The first kappa shape index (κ1) is 12.5. The lowest BCUT2D eigenvalue weighted by Crippen LogP contribution is -2.28. The molecule has 0 aliphatic heterocycles. The summed E-state index contributed by atoms with van der Waals surface area (Å²) < 4.78 is 4.98. The zero-order valence-electron chi connectivity index (χ0n) is 9.26. The minimum Gasteiger partial charge on any atom is -0.369 e. The van der Waals surface area contributed by atoms with Crippen LogP contribution in [0.1, 0.15) is 5.89 Å². The van der Waals surface area contributed by atoms with E-state index in [1.54, 1.807) is 18.3 Å². The first-order chi connectivity index (χ1) is 8.66. The fourth-order valence-electron chi connectivity index (χ4n) is 1.27. The molecule has 0 bridgehead atoms. The van der Waals surface area contributed by atoms with Crippen LogP contribution in [0.2, 0.25) is 5.02 Å². The van der Waals surface area contributed by atoms with E-state index in [-0.39, 0.29) is 13.1 Å². The second-order valence-electron chi connectivity index (χ2n) is 3.42. The lowest BCUT2D eigenvalue weighted by atomic mass is 10.3. The van der Waals surface area contributed by atoms with E-state index in [2.05, 4.69) is 20.4 Å². The molecular formula is C10H10ClN5O2. The van der Waals surface area contributed by atoms with Gasteiger partial charge in [-0.1, -0.05) is 16.8 Å². The third kappa shape index (κ3) is 3.02. The summed E-state index contributed by atoms with van der Waals surface area (Å²) >= 11 is 5.95. The second kappa shape index (κ2) is 5.56. The van der Waals surface area contributed by atoms with Gasteiger partial charge >= 0.3 is 0 Å². The molecule has 2 aromatic rings. The van der Waals surface area contributed by atoms with E-state index in [0.29, 0.717) is 22.4 Å². The summed E-state index contributed by atoms with van der Waals surface area (Å²) in [6.07, 6.45) is 1.59. The van der Waals surface area contributed by atoms with E-state index in [4.69, 9.17) is 21.9 Å². The number of nitrogens with two attached hydrogens (primary N) is 1. The molecule has 0 atom stereocenters. The Morgan fingerprint density at radius 2 is 2.39 bits per heavy atom. The summed E-state index contributed by atoms with van der Waals surface area (Å²) in [5.41, 5.74) is 5.43. The first-order valence-corrected chi connectivity index (χ1v) is 5.47. The Balaban J connectivity index is 2.06. The third-order valence-corrected chi connectivity index (χ3v) is 2.32. The van der Waals surface area contributed by atoms with Crippen LogP contribution in [-0.4, -0.2) is 27.6 Å². The highest BCUT2D eigenvalue weighted by Gasteiger charge is 2.12. The van der Waals surface area contributed by atoms with Gasteiger partial charge in [0.2, 0.25) is 17.6 Å². The van der Waals surface area contributed by atoms with Crippen LogP contribution in [0, 0.1) is 0 Å². The van der Waals surface area contributed by atoms with Gasteiger partial charge in [0.25, 0.3) is 0 Å². The van der Waals surface area contributed by atoms with Crippen LogP contribution in [0.5, 0.6) is 0 Å². The van der Waals surface area contributed by atoms with Gasteiger partial charge in [0.05, 0.1) is 18.1 Å². The summed E-state index contributed by atoms with van der Waals surface area (Å²) in [4.78, 5) is 18.7. The molecule has 18 heavy (non-hydrogen) atoms. The highest BCUT2D eigenvalue weighted by Crippen LogP contribution is 2.22. The molecule has 8 heteroatoms. The minimum absolute atomic E-state index is 0.0437. The average molecular weight is 268 g/mol. The molecule has 0 aliphatic rings. The second-order valence-corrected chi connectivity index (χ2v) is 3.82. The van der Waals surface area contributed by atoms with E-state index >= 15 is 0 Å². The number of nitrogens with one attached hydrogen (secondary N) is 1. The number of amides is 1. The Kier molecular flexibility index (Phi) is 3.85. The van der Waals surface area contributed by atoms with Crippen LogP contribution in [0.4, 0.5) is 0 Å². The number of halogens is 1. The van der Waals surface area contributed by atoms with Gasteiger partial charge in [0.15, 0.2) is 0 Å². The third-order valence-electron chi connectivity index (χ3n) is 2.01. The van der Waals surface area contributed by atoms with Crippen molar-refractivity contribution < 1.29 is 9.32 Å². The van der Waals surface area contributed by atoms with Crippen LogP contribution in [0.25, 0.3) is 11.5 Å². The van der Waals surface area contributed by atoms with Crippen molar-refractivity contribution in [3.05, 3.63) is 29.2 Å². The number of primary amides is 1. The Morgan fingerprint density at radius 1 is 1.56 bits per heavy atom. The molecule has 94 valence electrons. The van der Waals surface area contributed by atoms with Crippen molar-refractivity contribution in [2.75, 3.05) is 6.54 Å². The molecule has 0 radical (unpaired) electrons. The largest absolute Gasteiger partial charge is 0.369 e. The van der Waals surface area contributed by atoms with Crippen molar-refractivity contribution in [1.29, 1.82) is 0 Å². The van der Waals surface area contributed by atoms with Gasteiger partial charge in [-0.15, -0.1) is 0 Å². The molecule has 2 aromatic heterocycles. The Morgan fingerprint density at radius 3 is 3.11 bits per heavy atom. The first-order valence-electron chi connectivity index (χ1n) is 5.09. The summed E-state index contributed by atoms with van der Waals surface area (Å²) in [5, 5.41) is 6.95. The smallest absolute Gasteiger partial charge is 0.240 e. The number of hydrogen-bond donors (Lipinski definition) is 2. The van der Waals surface area contributed by atoms with Gasteiger partial charge in [0, 0.05) is 6.20 Å². The topological polar surface area (TPSA) is 107 Å². The van der Waals surface area contributed by atoms with Crippen LogP contribution < -0.4 is 11.1 Å². The highest BCUT2D eigenvalue weighted by molar-refractivity contribution is 6.32. The normalized spacial score (nSPS) is 10.5. The molecule has 7 nitrogen and oxygen atoms in total. The Bertz CT molecular complexity index is 557. The number of carbonyl (C=O) groups excluding carboxylic acids is 1. The summed E-state index contributed by atoms with van der Waals surface area (Å²) in [6.45, 7) is 0.294. The molecule has 0 saturated carbocycles. The van der Waals surface area contributed by atoms with E-state index < -0.39 is 5.91 Å². The zero-order chi connectivity index (χ0) is 13.0. The van der Waals surface area contributed by atoms with Crippen LogP contribution in [0.3, 0.4) is 0 Å². The minimum atomic E-state index is -0.456. The van der Waals surface area contributed by atoms with Gasteiger partial charge in [0.1, 0.15) is 5.69 Å². The van der Waals surface area contributed by atoms with Crippen LogP contribution >= 0.6 is 11.6 Å². The van der Waals surface area contributed by atoms with Crippen LogP contribution in [-0.2, 0) is 11.3 Å². The predicted octanol–water partition coefficient (Wildman–Crippen LogP) is 0.360. The summed E-state index contributed by atoms with van der Waals surface area (Å²) in [5.74, 6) is 0.173. The molecule has 2 rings (SSSR count). The molecule has 2 heterocycles. The fourth-order valence-corrected chi connectivity index (χ4v) is 1.47. The van der Waals surface area contributed by atoms with Crippen molar-refractivity contribution in [1.82, 2.24) is 20.4 Å². The number of aromatic nitrogens is 3. The maximum Gasteiger partial charge on any atom is 0.240 e. The highest BCUT2D eigenvalue weighted by atomic mass is 35.5. The van der Waals surface area contributed by atoms with E-state index in [1.165, 1.54) is 0 Å². The molecule has 3 N–H and O–H groups in total. The van der Waals surface area contributed by atoms with Gasteiger partial charge in [-0.2, -0.15) is 4.98 Å². The molecule has 0 saturated heterocycles. The Hall–Kier alpha value is -1.99. The molecule has 0 spiro atoms. The molecule has 0 unspecified atom stereocenters. The van der Waals surface area contributed by atoms with Gasteiger partial charge in [-0.05, 0) is 12.1 Å². The maximum atomic E-state index is 10.5. The fraction of sp³-hybridized carbons (Fsp3) is 0.200. The van der Waals surface area contributed by atoms with Crippen molar-refractivity contribution in [2.45, 2.75) is 6.54 Å². The number of pyridine rings is 1. The standard InChI is InChI=1S/C10H10ClN5O2/c11-6-2-1-3-14-9(6)10-15-8(18-16-10)5-13-4-7(12)17/h1-3,13H,4-5H2,(H2,12,17). The van der Waals surface area contributed by atoms with Crippen molar-refractivity contribution >= 4 is 17.5 Å². The molecular weight excluding hydrogens is 258 g/mol. The Labute approximate surface area is 107 Å². The van der Waals surface area contributed by atoms with Crippen molar-refractivity contribution in [3.8, 4) is 11.5 Å². The average Bonchev–Trinajstić information content (AvgIpc) is 2.78. The van der Waals surface area contributed by atoms with E-state index in [0.717, 1.165) is 0 Å². The lowest BCUT2D eigenvalue weighted by molar-refractivity contribution is -0.117. The van der Waals surface area contributed by atoms with Crippen molar-refractivity contribution in [2.24, 2.45) is 5.73 Å². The number of carbonyl (C=O) groups is 1. The number of nitrogens with zero attached hydrogens (tertiary/aromatic N) is 3. The number of rotatable bonds is 5. The lowest BCUT2D eigenvalue weighted by Gasteiger charge is -1.96. The van der Waals surface area contributed by atoms with E-state index in [1.807, 2.05) is 0 Å². The molecule has 0 aromatic carbocycles. The predicted molar refractivity (Wildman–Crippen MR) is 63.4 cm³/mol. The SMILES string of the molecule is NC(=O)CNCc1nc(-c2ncccc2Cl)no1. The molecule has 0 fully saturated rings. The van der Waals surface area contributed by atoms with Crippen LogP contribution in [0.15, 0.2) is 22.9 Å². The van der Waals surface area contributed by atoms with Gasteiger partial charge < -0.3 is 10.3 Å². The summed E-state index contributed by atoms with van der Waals surface area (Å²) in [7, 11) is 0. The summed E-state index contributed by atoms with van der Waals surface area (Å²) in [6, 6.07) is 3.40. The van der Waals surface area contributed by atoms with Gasteiger partial charge in [-0.25, -0.2) is 0 Å². The monoisotopic (exact) mass is 267 g/mol. The number of hydrogen-bond acceptors (Lipinski definition) is 6. The quantitative estimate of drug-likeness (QED) is 0.810. The maximum absolute atomic E-state index is 10.5. The zero-order valence-corrected chi connectivity index (χ0v) is 10.0. The van der Waals surface area contributed by atoms with Crippen molar-refractivity contribution in [3.63, 3.8) is 0 Å².